The highest BCUT2D eigenvalue weighted by atomic mass is 32.1. The Morgan fingerprint density at radius 3 is 2.64 bits per heavy atom. The number of aromatic nitrogens is 3. The Hall–Kier alpha value is -3.11. The van der Waals surface area contributed by atoms with Gasteiger partial charge in [-0.25, -0.2) is 4.39 Å². The van der Waals surface area contributed by atoms with E-state index in [4.69, 9.17) is 4.74 Å². The number of hydrogen-bond acceptors (Lipinski definition) is 7. The van der Waals surface area contributed by atoms with Crippen molar-refractivity contribution in [1.82, 2.24) is 19.7 Å². The predicted octanol–water partition coefficient (Wildman–Crippen LogP) is 3.07. The number of rotatable bonds is 7. The molecule has 1 aromatic carbocycles. The van der Waals surface area contributed by atoms with Crippen molar-refractivity contribution in [3.63, 3.8) is 0 Å². The van der Waals surface area contributed by atoms with E-state index in [1.165, 1.54) is 23.5 Å². The van der Waals surface area contributed by atoms with Crippen molar-refractivity contribution in [3.05, 3.63) is 62.8 Å². The van der Waals surface area contributed by atoms with Crippen LogP contribution in [0.1, 0.15) is 41.3 Å². The molecule has 1 aliphatic rings. The van der Waals surface area contributed by atoms with Gasteiger partial charge >= 0.3 is 0 Å². The number of methoxy groups -OCH3 is 1. The lowest BCUT2D eigenvalue weighted by Gasteiger charge is -2.40. The van der Waals surface area contributed by atoms with Gasteiger partial charge in [-0.1, -0.05) is 23.5 Å². The minimum absolute atomic E-state index is 0.0119. The minimum Gasteiger partial charge on any atom is -0.503 e. The van der Waals surface area contributed by atoms with Gasteiger partial charge in [0.2, 0.25) is 5.43 Å². The first-order valence-corrected chi connectivity index (χ1v) is 11.5. The fourth-order valence-corrected chi connectivity index (χ4v) is 5.01. The quantitative estimate of drug-likeness (QED) is 0.568. The molecule has 174 valence electrons. The third kappa shape index (κ3) is 4.53. The van der Waals surface area contributed by atoms with Crippen molar-refractivity contribution in [2.45, 2.75) is 45.3 Å². The molecule has 0 unspecified atom stereocenters. The molecule has 3 heterocycles. The van der Waals surface area contributed by atoms with Gasteiger partial charge in [-0.05, 0) is 38.0 Å². The van der Waals surface area contributed by atoms with Crippen molar-refractivity contribution in [2.24, 2.45) is 0 Å². The van der Waals surface area contributed by atoms with Gasteiger partial charge in [0.15, 0.2) is 16.5 Å². The van der Waals surface area contributed by atoms with Gasteiger partial charge < -0.3 is 19.3 Å². The summed E-state index contributed by atoms with van der Waals surface area (Å²) in [5, 5.41) is 20.0. The predicted molar refractivity (Wildman–Crippen MR) is 122 cm³/mol. The van der Waals surface area contributed by atoms with Crippen LogP contribution in [-0.2, 0) is 17.7 Å². The van der Waals surface area contributed by atoms with Crippen LogP contribution in [0.4, 0.5) is 4.39 Å². The van der Waals surface area contributed by atoms with E-state index in [2.05, 4.69) is 10.2 Å². The standard InChI is InChI=1S/C23H25FN4O4S/c1-13(2)28-16(8-9-32-3)11-27-12-17(20(29)21(30)19(27)23(28)31)22-26-25-18(33-22)10-14-4-6-15(24)7-5-14/h4-7,12-13,16,30H,8-11H2,1-3H3/t16-/m1/s1. The Balaban J connectivity index is 1.69. The second kappa shape index (κ2) is 9.40. The molecule has 8 nitrogen and oxygen atoms in total. The average Bonchev–Trinajstić information content (AvgIpc) is 3.24. The first-order valence-electron chi connectivity index (χ1n) is 10.6. The number of pyridine rings is 1. The minimum atomic E-state index is -0.655. The van der Waals surface area contributed by atoms with Gasteiger partial charge in [-0.3, -0.25) is 9.59 Å². The van der Waals surface area contributed by atoms with E-state index in [-0.39, 0.29) is 35.1 Å². The molecule has 33 heavy (non-hydrogen) atoms. The molecule has 0 saturated carbocycles. The number of benzene rings is 1. The van der Waals surface area contributed by atoms with Crippen LogP contribution in [-0.4, -0.2) is 56.5 Å². The number of fused-ring (bicyclic) bond motifs is 1. The Morgan fingerprint density at radius 2 is 1.97 bits per heavy atom. The number of halogens is 1. The van der Waals surface area contributed by atoms with Crippen molar-refractivity contribution in [3.8, 4) is 16.3 Å². The molecule has 1 aliphatic heterocycles. The molecule has 1 N–H and O–H groups in total. The summed E-state index contributed by atoms with van der Waals surface area (Å²) in [7, 11) is 1.61. The van der Waals surface area contributed by atoms with Gasteiger partial charge in [0.1, 0.15) is 10.8 Å². The van der Waals surface area contributed by atoms with Gasteiger partial charge in [-0.2, -0.15) is 0 Å². The molecule has 3 aromatic rings. The van der Waals surface area contributed by atoms with Crippen LogP contribution in [0.2, 0.25) is 0 Å². The van der Waals surface area contributed by atoms with Crippen LogP contribution in [0, 0.1) is 5.82 Å². The van der Waals surface area contributed by atoms with E-state index in [9.17, 15) is 19.1 Å². The van der Waals surface area contributed by atoms with Crippen LogP contribution in [0.3, 0.4) is 0 Å². The van der Waals surface area contributed by atoms with Crippen LogP contribution in [0.5, 0.6) is 5.75 Å². The van der Waals surface area contributed by atoms with Gasteiger partial charge in [0.25, 0.3) is 5.91 Å². The topological polar surface area (TPSA) is 97.5 Å². The monoisotopic (exact) mass is 472 g/mol. The molecule has 1 atom stereocenters. The maximum absolute atomic E-state index is 13.2. The number of ether oxygens (including phenoxy) is 1. The number of carbonyl (C=O) groups excluding carboxylic acids is 1. The Bertz CT molecular complexity index is 1220. The Morgan fingerprint density at radius 1 is 1.24 bits per heavy atom. The Kier molecular flexibility index (Phi) is 6.57. The van der Waals surface area contributed by atoms with Crippen molar-refractivity contribution in [2.75, 3.05) is 13.7 Å². The second-order valence-corrected chi connectivity index (χ2v) is 9.33. The highest BCUT2D eigenvalue weighted by Crippen LogP contribution is 2.30. The van der Waals surface area contributed by atoms with E-state index in [0.29, 0.717) is 36.0 Å². The summed E-state index contributed by atoms with van der Waals surface area (Å²) >= 11 is 1.22. The number of carbonyl (C=O) groups is 1. The molecule has 0 fully saturated rings. The molecule has 2 aromatic heterocycles. The average molecular weight is 473 g/mol. The summed E-state index contributed by atoms with van der Waals surface area (Å²) in [6.07, 6.45) is 2.65. The fourth-order valence-electron chi connectivity index (χ4n) is 4.12. The van der Waals surface area contributed by atoms with Crippen molar-refractivity contribution in [1.29, 1.82) is 0 Å². The number of hydrogen-bond donors (Lipinski definition) is 1. The summed E-state index contributed by atoms with van der Waals surface area (Å²) < 4.78 is 20.0. The van der Waals surface area contributed by atoms with Crippen molar-refractivity contribution < 1.29 is 19.0 Å². The van der Waals surface area contributed by atoms with Gasteiger partial charge in [0, 0.05) is 38.9 Å². The molecule has 10 heteroatoms. The zero-order valence-electron chi connectivity index (χ0n) is 18.6. The zero-order chi connectivity index (χ0) is 23.7. The van der Waals surface area contributed by atoms with E-state index >= 15 is 0 Å². The molecular formula is C23H25FN4O4S. The molecule has 1 amide bonds. The van der Waals surface area contributed by atoms with E-state index in [1.807, 2.05) is 13.8 Å². The molecule has 0 spiro atoms. The zero-order valence-corrected chi connectivity index (χ0v) is 19.4. The summed E-state index contributed by atoms with van der Waals surface area (Å²) in [5.74, 6) is -1.28. The van der Waals surface area contributed by atoms with Crippen LogP contribution in [0.25, 0.3) is 10.6 Å². The lowest BCUT2D eigenvalue weighted by Crippen LogP contribution is -2.52. The molecule has 0 bridgehead atoms. The second-order valence-electron chi connectivity index (χ2n) is 8.27. The molecule has 0 radical (unpaired) electrons. The van der Waals surface area contributed by atoms with E-state index in [0.717, 1.165) is 5.56 Å². The van der Waals surface area contributed by atoms with E-state index in [1.54, 1.807) is 34.9 Å². The van der Waals surface area contributed by atoms with Crippen molar-refractivity contribution >= 4 is 17.2 Å². The van der Waals surface area contributed by atoms with Crippen LogP contribution < -0.4 is 5.43 Å². The first-order chi connectivity index (χ1) is 15.8. The maximum atomic E-state index is 13.2. The number of aromatic hydroxyl groups is 1. The van der Waals surface area contributed by atoms with E-state index < -0.39 is 11.2 Å². The molecule has 0 saturated heterocycles. The SMILES string of the molecule is COCC[C@@H]1Cn2cc(-c3nnc(Cc4ccc(F)cc4)s3)c(=O)c(O)c2C(=O)N1C(C)C. The summed E-state index contributed by atoms with van der Waals surface area (Å²) in [6, 6.07) is 5.86. The highest BCUT2D eigenvalue weighted by molar-refractivity contribution is 7.14. The summed E-state index contributed by atoms with van der Waals surface area (Å²) in [5.41, 5.74) is 0.389. The first kappa shape index (κ1) is 23.1. The lowest BCUT2D eigenvalue weighted by atomic mass is 10.0. The molecule has 4 rings (SSSR count). The number of amides is 1. The fraction of sp³-hybridized carbons (Fsp3) is 0.391. The summed E-state index contributed by atoms with van der Waals surface area (Å²) in [4.78, 5) is 27.9. The lowest BCUT2D eigenvalue weighted by molar-refractivity contribution is 0.0438. The maximum Gasteiger partial charge on any atom is 0.275 e. The molecule has 0 aliphatic carbocycles. The molecular weight excluding hydrogens is 447 g/mol. The smallest absolute Gasteiger partial charge is 0.275 e. The van der Waals surface area contributed by atoms with Gasteiger partial charge in [-0.15, -0.1) is 10.2 Å². The van der Waals surface area contributed by atoms with Crippen LogP contribution in [0.15, 0.2) is 35.3 Å². The summed E-state index contributed by atoms with van der Waals surface area (Å²) in [6.45, 7) is 4.71. The third-order valence-corrected chi connectivity index (χ3v) is 6.63. The third-order valence-electron chi connectivity index (χ3n) is 5.67. The highest BCUT2D eigenvalue weighted by Gasteiger charge is 2.37. The number of nitrogens with zero attached hydrogens (tertiary/aromatic N) is 4. The largest absolute Gasteiger partial charge is 0.503 e. The van der Waals surface area contributed by atoms with Crippen LogP contribution >= 0.6 is 11.3 Å². The normalized spacial score (nSPS) is 15.8. The Labute approximate surface area is 194 Å². The van der Waals surface area contributed by atoms with Gasteiger partial charge in [0.05, 0.1) is 11.6 Å².